The molecule has 1 aliphatic heterocycles. The van der Waals surface area contributed by atoms with Gasteiger partial charge in [-0.05, 0) is 25.2 Å². The zero-order chi connectivity index (χ0) is 13.9. The Morgan fingerprint density at radius 1 is 1.30 bits per heavy atom. The zero-order valence-electron chi connectivity index (χ0n) is 11.5. The van der Waals surface area contributed by atoms with Crippen molar-refractivity contribution in [3.8, 4) is 0 Å². The summed E-state index contributed by atoms with van der Waals surface area (Å²) in [5.74, 6) is 1.44. The number of halogens is 4. The first kappa shape index (κ1) is 17.8. The molecule has 118 valence electrons. The summed E-state index contributed by atoms with van der Waals surface area (Å²) in [4.78, 5) is 5.54. The average molecular weight is 406 g/mol. The van der Waals surface area contributed by atoms with Gasteiger partial charge in [-0.25, -0.2) is 0 Å². The third kappa shape index (κ3) is 6.47. The molecule has 1 heterocycles. The fourth-order valence-electron chi connectivity index (χ4n) is 2.30. The number of aliphatic imine (C=N–C) groups is 1. The third-order valence-electron chi connectivity index (χ3n) is 3.49. The van der Waals surface area contributed by atoms with E-state index in [1.54, 1.807) is 7.05 Å². The number of hydrogen-bond donors (Lipinski definition) is 2. The summed E-state index contributed by atoms with van der Waals surface area (Å²) in [6.45, 7) is 0.985. The minimum absolute atomic E-state index is 0. The maximum Gasteiger partial charge on any atom is 0.401 e. The second-order valence-corrected chi connectivity index (χ2v) is 5.38. The van der Waals surface area contributed by atoms with Crippen LogP contribution in [0.5, 0.6) is 0 Å². The standard InChI is InChI=1S/C12H21F3N4.HI/c1-16-11(17-6-9-2-3-9)18-10-4-5-19(7-10)8-12(13,14)15;/h9-10H,2-8H2,1H3,(H2,16,17,18);1H. The molecule has 2 N–H and O–H groups in total. The summed E-state index contributed by atoms with van der Waals surface area (Å²) in [5.41, 5.74) is 0. The van der Waals surface area contributed by atoms with Crippen LogP contribution in [-0.4, -0.2) is 56.3 Å². The molecule has 2 rings (SSSR count). The maximum absolute atomic E-state index is 12.3. The monoisotopic (exact) mass is 406 g/mol. The van der Waals surface area contributed by atoms with Gasteiger partial charge in [-0.3, -0.25) is 9.89 Å². The van der Waals surface area contributed by atoms with Crippen molar-refractivity contribution in [2.24, 2.45) is 10.9 Å². The van der Waals surface area contributed by atoms with Crippen molar-refractivity contribution in [2.45, 2.75) is 31.5 Å². The molecule has 0 radical (unpaired) electrons. The quantitative estimate of drug-likeness (QED) is 0.425. The van der Waals surface area contributed by atoms with E-state index in [0.29, 0.717) is 19.0 Å². The number of nitrogens with zero attached hydrogens (tertiary/aromatic N) is 2. The highest BCUT2D eigenvalue weighted by molar-refractivity contribution is 14.0. The lowest BCUT2D eigenvalue weighted by atomic mass is 10.3. The minimum atomic E-state index is -4.11. The molecule has 1 saturated heterocycles. The number of nitrogens with one attached hydrogen (secondary N) is 2. The summed E-state index contributed by atoms with van der Waals surface area (Å²) in [5, 5.41) is 6.41. The molecular formula is C12H22F3IN4. The molecule has 8 heteroatoms. The number of rotatable bonds is 4. The van der Waals surface area contributed by atoms with E-state index in [-0.39, 0.29) is 30.0 Å². The number of guanidine groups is 1. The molecule has 4 nitrogen and oxygen atoms in total. The predicted molar refractivity (Wildman–Crippen MR) is 83.5 cm³/mol. The van der Waals surface area contributed by atoms with Gasteiger partial charge >= 0.3 is 6.18 Å². The first-order valence-electron chi connectivity index (χ1n) is 6.72. The van der Waals surface area contributed by atoms with Gasteiger partial charge in [-0.1, -0.05) is 0 Å². The largest absolute Gasteiger partial charge is 0.401 e. The van der Waals surface area contributed by atoms with Crippen LogP contribution in [0.2, 0.25) is 0 Å². The average Bonchev–Trinajstić information content (AvgIpc) is 3.05. The molecule has 0 aromatic rings. The van der Waals surface area contributed by atoms with Crippen LogP contribution in [0.15, 0.2) is 4.99 Å². The van der Waals surface area contributed by atoms with Crippen molar-refractivity contribution in [2.75, 3.05) is 33.2 Å². The van der Waals surface area contributed by atoms with Gasteiger partial charge in [0.15, 0.2) is 5.96 Å². The molecule has 0 bridgehead atoms. The first-order chi connectivity index (χ1) is 8.96. The molecule has 0 amide bonds. The zero-order valence-corrected chi connectivity index (χ0v) is 13.9. The summed E-state index contributed by atoms with van der Waals surface area (Å²) < 4.78 is 36.8. The van der Waals surface area contributed by atoms with Crippen LogP contribution < -0.4 is 10.6 Å². The predicted octanol–water partition coefficient (Wildman–Crippen LogP) is 1.82. The summed E-state index contributed by atoms with van der Waals surface area (Å²) in [6.07, 6.45) is -0.874. The van der Waals surface area contributed by atoms with Crippen LogP contribution in [0.3, 0.4) is 0 Å². The fraction of sp³-hybridized carbons (Fsp3) is 0.917. The van der Waals surface area contributed by atoms with Crippen molar-refractivity contribution in [3.63, 3.8) is 0 Å². The molecule has 0 spiro atoms. The van der Waals surface area contributed by atoms with Crippen molar-refractivity contribution in [1.29, 1.82) is 0 Å². The van der Waals surface area contributed by atoms with E-state index in [9.17, 15) is 13.2 Å². The van der Waals surface area contributed by atoms with Crippen LogP contribution in [0.4, 0.5) is 13.2 Å². The summed E-state index contributed by atoms with van der Waals surface area (Å²) >= 11 is 0. The van der Waals surface area contributed by atoms with Gasteiger partial charge in [0.1, 0.15) is 0 Å². The number of likely N-dealkylation sites (tertiary alicyclic amines) is 1. The first-order valence-corrected chi connectivity index (χ1v) is 6.72. The number of hydrogen-bond acceptors (Lipinski definition) is 2. The molecular weight excluding hydrogens is 384 g/mol. The minimum Gasteiger partial charge on any atom is -0.356 e. The van der Waals surface area contributed by atoms with E-state index in [0.717, 1.165) is 18.9 Å². The smallest absolute Gasteiger partial charge is 0.356 e. The van der Waals surface area contributed by atoms with Crippen molar-refractivity contribution in [3.05, 3.63) is 0 Å². The lowest BCUT2D eigenvalue weighted by Crippen LogP contribution is -2.45. The van der Waals surface area contributed by atoms with Crippen LogP contribution in [0.25, 0.3) is 0 Å². The van der Waals surface area contributed by atoms with Crippen molar-refractivity contribution >= 4 is 29.9 Å². The van der Waals surface area contributed by atoms with Gasteiger partial charge in [0.05, 0.1) is 6.54 Å². The molecule has 1 saturated carbocycles. The summed E-state index contributed by atoms with van der Waals surface area (Å²) in [6, 6.07) is 0.0488. The highest BCUT2D eigenvalue weighted by atomic mass is 127. The second-order valence-electron chi connectivity index (χ2n) is 5.38. The van der Waals surface area contributed by atoms with Gasteiger partial charge in [-0.2, -0.15) is 13.2 Å². The Labute approximate surface area is 134 Å². The van der Waals surface area contributed by atoms with Crippen molar-refractivity contribution in [1.82, 2.24) is 15.5 Å². The van der Waals surface area contributed by atoms with E-state index in [4.69, 9.17) is 0 Å². The SMILES string of the molecule is CN=C(NCC1CC1)NC1CCN(CC(F)(F)F)C1.I. The van der Waals surface area contributed by atoms with E-state index >= 15 is 0 Å². The van der Waals surface area contributed by atoms with E-state index in [2.05, 4.69) is 15.6 Å². The van der Waals surface area contributed by atoms with Gasteiger partial charge in [0.25, 0.3) is 0 Å². The molecule has 1 aliphatic carbocycles. The van der Waals surface area contributed by atoms with Crippen LogP contribution in [0, 0.1) is 5.92 Å². The molecule has 0 aromatic carbocycles. The topological polar surface area (TPSA) is 39.7 Å². The summed E-state index contributed by atoms with van der Waals surface area (Å²) in [7, 11) is 1.69. The Hall–Kier alpha value is -0.250. The van der Waals surface area contributed by atoms with Crippen LogP contribution >= 0.6 is 24.0 Å². The lowest BCUT2D eigenvalue weighted by molar-refractivity contribution is -0.143. The lowest BCUT2D eigenvalue weighted by Gasteiger charge is -2.19. The van der Waals surface area contributed by atoms with Gasteiger partial charge in [0.2, 0.25) is 0 Å². The Morgan fingerprint density at radius 3 is 2.55 bits per heavy atom. The Morgan fingerprint density at radius 2 is 2.00 bits per heavy atom. The van der Waals surface area contributed by atoms with Gasteiger partial charge < -0.3 is 10.6 Å². The normalized spacial score (nSPS) is 24.4. The highest BCUT2D eigenvalue weighted by Crippen LogP contribution is 2.27. The van der Waals surface area contributed by atoms with Gasteiger partial charge in [-0.15, -0.1) is 24.0 Å². The van der Waals surface area contributed by atoms with E-state index in [1.807, 2.05) is 0 Å². The third-order valence-corrected chi connectivity index (χ3v) is 3.49. The highest BCUT2D eigenvalue weighted by Gasteiger charge is 2.34. The van der Waals surface area contributed by atoms with E-state index < -0.39 is 12.7 Å². The number of alkyl halides is 3. The Balaban J connectivity index is 0.00000200. The van der Waals surface area contributed by atoms with E-state index in [1.165, 1.54) is 17.7 Å². The van der Waals surface area contributed by atoms with Crippen molar-refractivity contribution < 1.29 is 13.2 Å². The Bertz CT molecular complexity index is 331. The molecule has 1 unspecified atom stereocenters. The second kappa shape index (κ2) is 7.67. The molecule has 20 heavy (non-hydrogen) atoms. The molecule has 0 aromatic heterocycles. The van der Waals surface area contributed by atoms with Crippen LogP contribution in [0.1, 0.15) is 19.3 Å². The fourth-order valence-corrected chi connectivity index (χ4v) is 2.30. The molecule has 2 aliphatic rings. The molecule has 2 fully saturated rings. The Kier molecular flexibility index (Phi) is 6.83. The molecule has 1 atom stereocenters. The van der Waals surface area contributed by atoms with Crippen LogP contribution in [-0.2, 0) is 0 Å². The maximum atomic E-state index is 12.3. The van der Waals surface area contributed by atoms with Gasteiger partial charge in [0, 0.05) is 32.7 Å².